The molecule has 0 aliphatic carbocycles. The van der Waals surface area contributed by atoms with Crippen molar-refractivity contribution in [2.45, 2.75) is 37.0 Å². The van der Waals surface area contributed by atoms with Crippen LogP contribution in [0.4, 0.5) is 0 Å². The van der Waals surface area contributed by atoms with E-state index >= 15 is 0 Å². The van der Waals surface area contributed by atoms with Crippen LogP contribution >= 0.6 is 11.8 Å². The first-order chi connectivity index (χ1) is 7.15. The summed E-state index contributed by atoms with van der Waals surface area (Å²) in [7, 11) is 0. The number of thioether (sulfide) groups is 1. The summed E-state index contributed by atoms with van der Waals surface area (Å²) in [4.78, 5) is 1.42. The van der Waals surface area contributed by atoms with Gasteiger partial charge in [-0.2, -0.15) is 0 Å². The van der Waals surface area contributed by atoms with Crippen LogP contribution in [-0.4, -0.2) is 17.5 Å². The maximum atomic E-state index is 9.44. The number of rotatable bonds is 2. The fraction of sp³-hybridized carbons (Fsp3) is 0.538. The highest BCUT2D eigenvalue weighted by molar-refractivity contribution is 7.99. The molecule has 0 atom stereocenters. The van der Waals surface area contributed by atoms with Crippen molar-refractivity contribution in [3.05, 3.63) is 29.3 Å². The first kappa shape index (κ1) is 11.0. The van der Waals surface area contributed by atoms with Crippen LogP contribution in [0, 0.1) is 0 Å². The fourth-order valence-electron chi connectivity index (χ4n) is 2.11. The van der Waals surface area contributed by atoms with Gasteiger partial charge in [0.25, 0.3) is 0 Å². The van der Waals surface area contributed by atoms with Gasteiger partial charge in [0.1, 0.15) is 0 Å². The highest BCUT2D eigenvalue weighted by Gasteiger charge is 2.25. The van der Waals surface area contributed by atoms with E-state index in [1.54, 1.807) is 0 Å². The van der Waals surface area contributed by atoms with Gasteiger partial charge >= 0.3 is 0 Å². The summed E-state index contributed by atoms with van der Waals surface area (Å²) in [5.41, 5.74) is 2.69. The summed E-state index contributed by atoms with van der Waals surface area (Å²) in [5, 5.41) is 9.44. The van der Waals surface area contributed by atoms with Crippen molar-refractivity contribution in [2.75, 3.05) is 12.4 Å². The standard InChI is InChI=1S/C13H18OS/c1-13(2,9-14)11-6-3-7-12-10(11)5-4-8-15-12/h3,6-7,14H,4-5,8-9H2,1-2H3. The van der Waals surface area contributed by atoms with Crippen LogP contribution in [0.1, 0.15) is 31.4 Å². The number of aliphatic hydroxyl groups is 1. The summed E-state index contributed by atoms with van der Waals surface area (Å²) in [6.07, 6.45) is 2.43. The first-order valence-corrected chi connectivity index (χ1v) is 6.50. The van der Waals surface area contributed by atoms with Crippen LogP contribution in [0.3, 0.4) is 0 Å². The molecule has 1 aliphatic heterocycles. The van der Waals surface area contributed by atoms with Crippen LogP contribution in [-0.2, 0) is 11.8 Å². The van der Waals surface area contributed by atoms with Gasteiger partial charge < -0.3 is 5.11 Å². The average molecular weight is 222 g/mol. The molecule has 0 saturated heterocycles. The lowest BCUT2D eigenvalue weighted by Crippen LogP contribution is -2.24. The quantitative estimate of drug-likeness (QED) is 0.830. The molecule has 1 aliphatic rings. The number of aliphatic hydroxyl groups excluding tert-OH is 1. The Morgan fingerprint density at radius 3 is 2.93 bits per heavy atom. The Morgan fingerprint density at radius 1 is 1.40 bits per heavy atom. The van der Waals surface area contributed by atoms with Crippen LogP contribution in [0.5, 0.6) is 0 Å². The molecule has 2 heteroatoms. The van der Waals surface area contributed by atoms with Crippen LogP contribution in [0.15, 0.2) is 23.1 Å². The third kappa shape index (κ3) is 2.06. The summed E-state index contributed by atoms with van der Waals surface area (Å²) < 4.78 is 0. The molecule has 0 amide bonds. The zero-order chi connectivity index (χ0) is 10.9. The van der Waals surface area contributed by atoms with E-state index in [1.165, 1.54) is 34.6 Å². The normalized spacial score (nSPS) is 16.2. The van der Waals surface area contributed by atoms with E-state index in [9.17, 15) is 5.11 Å². The number of benzene rings is 1. The minimum absolute atomic E-state index is 0.108. The molecule has 0 bridgehead atoms. The third-order valence-corrected chi connectivity index (χ3v) is 4.27. The van der Waals surface area contributed by atoms with Gasteiger partial charge in [0, 0.05) is 10.3 Å². The molecular formula is C13H18OS. The van der Waals surface area contributed by atoms with Crippen molar-refractivity contribution in [2.24, 2.45) is 0 Å². The Labute approximate surface area is 95.9 Å². The lowest BCUT2D eigenvalue weighted by atomic mass is 9.81. The lowest BCUT2D eigenvalue weighted by molar-refractivity contribution is 0.217. The molecule has 0 radical (unpaired) electrons. The smallest absolute Gasteiger partial charge is 0.0522 e. The molecule has 82 valence electrons. The van der Waals surface area contributed by atoms with Gasteiger partial charge in [-0.05, 0) is 35.8 Å². The summed E-state index contributed by atoms with van der Waals surface area (Å²) in [6, 6.07) is 6.49. The second-order valence-corrected chi connectivity index (χ2v) is 5.91. The molecule has 15 heavy (non-hydrogen) atoms. The maximum Gasteiger partial charge on any atom is 0.0522 e. The van der Waals surface area contributed by atoms with Gasteiger partial charge in [-0.25, -0.2) is 0 Å². The van der Waals surface area contributed by atoms with Crippen molar-refractivity contribution in [1.82, 2.24) is 0 Å². The minimum atomic E-state index is -0.108. The molecule has 2 rings (SSSR count). The molecule has 0 spiro atoms. The van der Waals surface area contributed by atoms with E-state index < -0.39 is 0 Å². The van der Waals surface area contributed by atoms with Gasteiger partial charge in [-0.3, -0.25) is 0 Å². The van der Waals surface area contributed by atoms with Gasteiger partial charge in [-0.15, -0.1) is 11.8 Å². The molecule has 0 aromatic heterocycles. The molecule has 1 aromatic rings. The molecular weight excluding hydrogens is 204 g/mol. The van der Waals surface area contributed by atoms with E-state index in [2.05, 4.69) is 32.0 Å². The van der Waals surface area contributed by atoms with Gasteiger partial charge in [0.15, 0.2) is 0 Å². The fourth-order valence-corrected chi connectivity index (χ4v) is 3.18. The molecule has 0 saturated carbocycles. The second-order valence-electron chi connectivity index (χ2n) is 4.78. The average Bonchev–Trinajstić information content (AvgIpc) is 2.28. The largest absolute Gasteiger partial charge is 0.395 e. The molecule has 0 unspecified atom stereocenters. The number of fused-ring (bicyclic) bond motifs is 1. The molecule has 1 N–H and O–H groups in total. The van der Waals surface area contributed by atoms with Gasteiger partial charge in [-0.1, -0.05) is 26.0 Å². The van der Waals surface area contributed by atoms with E-state index in [-0.39, 0.29) is 12.0 Å². The van der Waals surface area contributed by atoms with Gasteiger partial charge in [0.2, 0.25) is 0 Å². The van der Waals surface area contributed by atoms with Crippen LogP contribution in [0.25, 0.3) is 0 Å². The van der Waals surface area contributed by atoms with E-state index in [1.807, 2.05) is 11.8 Å². The molecule has 1 aromatic carbocycles. The van der Waals surface area contributed by atoms with Crippen LogP contribution < -0.4 is 0 Å². The molecule has 1 nitrogen and oxygen atoms in total. The number of hydrogen-bond acceptors (Lipinski definition) is 2. The SMILES string of the molecule is CC(C)(CO)c1cccc2c1CCCS2. The van der Waals surface area contributed by atoms with Crippen molar-refractivity contribution in [1.29, 1.82) is 0 Å². The highest BCUT2D eigenvalue weighted by atomic mass is 32.2. The monoisotopic (exact) mass is 222 g/mol. The molecule has 0 fully saturated rings. The van der Waals surface area contributed by atoms with E-state index in [0.717, 1.165) is 0 Å². The Morgan fingerprint density at radius 2 is 2.20 bits per heavy atom. The summed E-state index contributed by atoms with van der Waals surface area (Å²) in [6.45, 7) is 4.44. The number of hydrogen-bond donors (Lipinski definition) is 1. The first-order valence-electron chi connectivity index (χ1n) is 5.51. The zero-order valence-corrected chi connectivity index (χ0v) is 10.2. The summed E-state index contributed by atoms with van der Waals surface area (Å²) >= 11 is 1.95. The van der Waals surface area contributed by atoms with E-state index in [0.29, 0.717) is 0 Å². The van der Waals surface area contributed by atoms with Gasteiger partial charge in [0.05, 0.1) is 6.61 Å². The topological polar surface area (TPSA) is 20.2 Å². The van der Waals surface area contributed by atoms with Crippen molar-refractivity contribution >= 4 is 11.8 Å². The second kappa shape index (κ2) is 4.18. The maximum absolute atomic E-state index is 9.44. The Bertz CT molecular complexity index is 358. The lowest BCUT2D eigenvalue weighted by Gasteiger charge is -2.28. The van der Waals surface area contributed by atoms with Crippen LogP contribution in [0.2, 0.25) is 0 Å². The summed E-state index contributed by atoms with van der Waals surface area (Å²) in [5.74, 6) is 1.23. The predicted molar refractivity (Wildman–Crippen MR) is 65.6 cm³/mol. The zero-order valence-electron chi connectivity index (χ0n) is 9.42. The third-order valence-electron chi connectivity index (χ3n) is 3.09. The molecule has 1 heterocycles. The van der Waals surface area contributed by atoms with Crippen molar-refractivity contribution in [3.8, 4) is 0 Å². The Balaban J connectivity index is 2.48. The Kier molecular flexibility index (Phi) is 3.08. The Hall–Kier alpha value is -0.470. The van der Waals surface area contributed by atoms with Crippen molar-refractivity contribution < 1.29 is 5.11 Å². The highest BCUT2D eigenvalue weighted by Crippen LogP contribution is 2.36. The van der Waals surface area contributed by atoms with Crippen molar-refractivity contribution in [3.63, 3.8) is 0 Å². The minimum Gasteiger partial charge on any atom is -0.395 e. The predicted octanol–water partition coefficient (Wildman–Crippen LogP) is 2.99. The van der Waals surface area contributed by atoms with E-state index in [4.69, 9.17) is 0 Å².